The van der Waals surface area contributed by atoms with Crippen LogP contribution in [-0.4, -0.2) is 29.6 Å². The first-order valence-corrected chi connectivity index (χ1v) is 10.0. The molecule has 2 rings (SSSR count). The van der Waals surface area contributed by atoms with E-state index in [4.69, 9.17) is 9.47 Å². The van der Waals surface area contributed by atoms with Crippen LogP contribution in [0.25, 0.3) is 0 Å². The Morgan fingerprint density at radius 1 is 1.07 bits per heavy atom. The van der Waals surface area contributed by atoms with E-state index in [0.717, 1.165) is 16.8 Å². The van der Waals surface area contributed by atoms with Gasteiger partial charge in [0.25, 0.3) is 0 Å². The summed E-state index contributed by atoms with van der Waals surface area (Å²) in [5.74, 6) is 5.58. The number of aromatic nitrogens is 1. The Labute approximate surface area is 178 Å². The quantitative estimate of drug-likeness (QED) is 0.532. The van der Waals surface area contributed by atoms with Crippen molar-refractivity contribution in [3.8, 4) is 11.8 Å². The molecule has 0 aliphatic carbocycles. The lowest BCUT2D eigenvalue weighted by Crippen LogP contribution is -2.24. The van der Waals surface area contributed by atoms with E-state index < -0.39 is 11.6 Å². The van der Waals surface area contributed by atoms with Gasteiger partial charge in [-0.2, -0.15) is 0 Å². The third kappa shape index (κ3) is 7.04. The van der Waals surface area contributed by atoms with E-state index in [-0.39, 0.29) is 17.6 Å². The van der Waals surface area contributed by atoms with E-state index >= 15 is 0 Å². The number of hydrogen-bond acceptors (Lipinski definition) is 5. The Balaban J connectivity index is 2.13. The Hall–Kier alpha value is -3.13. The molecule has 0 fully saturated rings. The summed E-state index contributed by atoms with van der Waals surface area (Å²) in [6, 6.07) is 11.3. The number of esters is 2. The van der Waals surface area contributed by atoms with Gasteiger partial charge >= 0.3 is 11.9 Å². The second-order valence-electron chi connectivity index (χ2n) is 8.14. The average molecular weight is 408 g/mol. The smallest absolute Gasteiger partial charge is 0.356 e. The van der Waals surface area contributed by atoms with Crippen LogP contribution in [0.5, 0.6) is 0 Å². The van der Waals surface area contributed by atoms with Crippen molar-refractivity contribution in [2.24, 2.45) is 0 Å². The zero-order chi connectivity index (χ0) is 22.3. The Morgan fingerprint density at radius 2 is 1.70 bits per heavy atom. The molecule has 0 aliphatic rings. The predicted octanol–water partition coefficient (Wildman–Crippen LogP) is 4.67. The molecule has 0 spiro atoms. The first-order valence-electron chi connectivity index (χ1n) is 10.0. The molecular weight excluding hydrogens is 378 g/mol. The molecule has 0 amide bonds. The van der Waals surface area contributed by atoms with Crippen LogP contribution < -0.4 is 0 Å². The van der Waals surface area contributed by atoms with Gasteiger partial charge in [0.05, 0.1) is 13.5 Å². The van der Waals surface area contributed by atoms with Gasteiger partial charge in [0.1, 0.15) is 11.3 Å². The van der Waals surface area contributed by atoms with Crippen LogP contribution in [0.3, 0.4) is 0 Å². The SMILES string of the molecule is CCc1cc(C#Cc2ccc(C(C)CC(=O)OC(C)(C)C)cc2)cc(C(=O)OC)n1. The minimum atomic E-state index is -0.478. The summed E-state index contributed by atoms with van der Waals surface area (Å²) < 4.78 is 10.2. The summed E-state index contributed by atoms with van der Waals surface area (Å²) in [7, 11) is 1.33. The fourth-order valence-electron chi connectivity index (χ4n) is 2.84. The second-order valence-corrected chi connectivity index (χ2v) is 8.14. The highest BCUT2D eigenvalue weighted by molar-refractivity contribution is 5.87. The summed E-state index contributed by atoms with van der Waals surface area (Å²) in [6.45, 7) is 9.57. The van der Waals surface area contributed by atoms with Gasteiger partial charge < -0.3 is 9.47 Å². The number of hydrogen-bond donors (Lipinski definition) is 0. The maximum absolute atomic E-state index is 12.0. The standard InChI is InChI=1S/C25H29NO4/c1-7-21-15-19(16-22(26-21)24(28)29-6)9-8-18-10-12-20(13-11-18)17(2)14-23(27)30-25(3,4)5/h10-13,15-17H,7,14H2,1-6H3. The number of benzene rings is 1. The molecular formula is C25H29NO4. The van der Waals surface area contributed by atoms with Crippen molar-refractivity contribution in [1.29, 1.82) is 0 Å². The largest absolute Gasteiger partial charge is 0.464 e. The Kier molecular flexibility index (Phi) is 7.77. The van der Waals surface area contributed by atoms with Crippen LogP contribution in [0.4, 0.5) is 0 Å². The molecule has 0 saturated heterocycles. The molecule has 1 aromatic carbocycles. The fourth-order valence-corrected chi connectivity index (χ4v) is 2.84. The van der Waals surface area contributed by atoms with E-state index in [0.29, 0.717) is 18.4 Å². The fraction of sp³-hybridized carbons (Fsp3) is 0.400. The maximum Gasteiger partial charge on any atom is 0.356 e. The van der Waals surface area contributed by atoms with E-state index in [2.05, 4.69) is 16.8 Å². The van der Waals surface area contributed by atoms with Crippen molar-refractivity contribution in [1.82, 2.24) is 4.98 Å². The second kappa shape index (κ2) is 10.1. The average Bonchev–Trinajstić information content (AvgIpc) is 2.70. The number of aryl methyl sites for hydroxylation is 1. The molecule has 2 aromatic rings. The summed E-state index contributed by atoms with van der Waals surface area (Å²) in [5, 5.41) is 0. The molecule has 5 heteroatoms. The van der Waals surface area contributed by atoms with Gasteiger partial charge in [0, 0.05) is 16.8 Å². The van der Waals surface area contributed by atoms with Gasteiger partial charge in [-0.15, -0.1) is 0 Å². The number of nitrogens with zero attached hydrogens (tertiary/aromatic N) is 1. The predicted molar refractivity (Wildman–Crippen MR) is 116 cm³/mol. The first kappa shape index (κ1) is 23.2. The molecule has 158 valence electrons. The van der Waals surface area contributed by atoms with Gasteiger partial charge in [0.2, 0.25) is 0 Å². The molecule has 0 saturated carbocycles. The first-order chi connectivity index (χ1) is 14.1. The summed E-state index contributed by atoms with van der Waals surface area (Å²) in [6.07, 6.45) is 1.03. The monoisotopic (exact) mass is 407 g/mol. The normalized spacial score (nSPS) is 11.8. The van der Waals surface area contributed by atoms with E-state index in [1.807, 2.05) is 65.0 Å². The van der Waals surface area contributed by atoms with Crippen LogP contribution in [-0.2, 0) is 20.7 Å². The molecule has 1 unspecified atom stereocenters. The number of methoxy groups -OCH3 is 1. The van der Waals surface area contributed by atoms with Crippen LogP contribution in [0.1, 0.15) is 79.8 Å². The van der Waals surface area contributed by atoms with Crippen LogP contribution >= 0.6 is 0 Å². The number of pyridine rings is 1. The lowest BCUT2D eigenvalue weighted by molar-refractivity contribution is -0.155. The number of ether oxygens (including phenoxy) is 2. The number of rotatable bonds is 5. The van der Waals surface area contributed by atoms with Crippen molar-refractivity contribution in [2.45, 2.75) is 59.0 Å². The molecule has 1 atom stereocenters. The Bertz CT molecular complexity index is 959. The van der Waals surface area contributed by atoms with Gasteiger partial charge in [-0.05, 0) is 62.9 Å². The van der Waals surface area contributed by atoms with Crippen LogP contribution in [0.15, 0.2) is 36.4 Å². The zero-order valence-corrected chi connectivity index (χ0v) is 18.5. The van der Waals surface area contributed by atoms with Crippen LogP contribution in [0, 0.1) is 11.8 Å². The van der Waals surface area contributed by atoms with Gasteiger partial charge in [-0.25, -0.2) is 9.78 Å². The highest BCUT2D eigenvalue weighted by Gasteiger charge is 2.19. The number of carbonyl (C=O) groups excluding carboxylic acids is 2. The molecule has 30 heavy (non-hydrogen) atoms. The lowest BCUT2D eigenvalue weighted by atomic mass is 9.96. The molecule has 1 heterocycles. The van der Waals surface area contributed by atoms with E-state index in [1.165, 1.54) is 7.11 Å². The van der Waals surface area contributed by atoms with Crippen molar-refractivity contribution in [3.05, 3.63) is 64.5 Å². The minimum Gasteiger partial charge on any atom is -0.464 e. The molecule has 0 radical (unpaired) electrons. The molecule has 0 N–H and O–H groups in total. The highest BCUT2D eigenvalue weighted by Crippen LogP contribution is 2.21. The van der Waals surface area contributed by atoms with Gasteiger partial charge in [-0.1, -0.05) is 37.8 Å². The summed E-state index contributed by atoms with van der Waals surface area (Å²) in [5.41, 5.74) is 3.18. The molecule has 0 bridgehead atoms. The lowest BCUT2D eigenvalue weighted by Gasteiger charge is -2.21. The zero-order valence-electron chi connectivity index (χ0n) is 18.5. The molecule has 5 nitrogen and oxygen atoms in total. The maximum atomic E-state index is 12.0. The topological polar surface area (TPSA) is 65.5 Å². The van der Waals surface area contributed by atoms with Gasteiger partial charge in [-0.3, -0.25) is 4.79 Å². The van der Waals surface area contributed by atoms with Gasteiger partial charge in [0.15, 0.2) is 0 Å². The van der Waals surface area contributed by atoms with Crippen LogP contribution in [0.2, 0.25) is 0 Å². The Morgan fingerprint density at radius 3 is 2.27 bits per heavy atom. The third-order valence-corrected chi connectivity index (χ3v) is 4.36. The van der Waals surface area contributed by atoms with Crippen molar-refractivity contribution in [3.63, 3.8) is 0 Å². The molecule has 0 aliphatic heterocycles. The minimum absolute atomic E-state index is 0.0526. The van der Waals surface area contributed by atoms with Crippen molar-refractivity contribution >= 4 is 11.9 Å². The van der Waals surface area contributed by atoms with Crippen molar-refractivity contribution in [2.75, 3.05) is 7.11 Å². The number of carbonyl (C=O) groups is 2. The van der Waals surface area contributed by atoms with E-state index in [9.17, 15) is 9.59 Å². The summed E-state index contributed by atoms with van der Waals surface area (Å²) in [4.78, 5) is 28.1. The molecule has 1 aromatic heterocycles. The van der Waals surface area contributed by atoms with Crippen molar-refractivity contribution < 1.29 is 19.1 Å². The third-order valence-electron chi connectivity index (χ3n) is 4.36. The highest BCUT2D eigenvalue weighted by atomic mass is 16.6. The summed E-state index contributed by atoms with van der Waals surface area (Å²) >= 11 is 0. The van der Waals surface area contributed by atoms with E-state index in [1.54, 1.807) is 6.07 Å².